The lowest BCUT2D eigenvalue weighted by atomic mass is 10.0. The Hall–Kier alpha value is -2.40. The van der Waals surface area contributed by atoms with Gasteiger partial charge in [0.25, 0.3) is 5.91 Å². The number of halogens is 3. The molecule has 0 saturated carbocycles. The number of nitrogens with zero attached hydrogens (tertiary/aromatic N) is 1. The maximum Gasteiger partial charge on any atom is 0.254 e. The maximum atomic E-state index is 13.4. The molecule has 0 fully saturated rings. The lowest BCUT2D eigenvalue weighted by molar-refractivity contribution is 0.0734. The van der Waals surface area contributed by atoms with Crippen molar-refractivity contribution in [2.75, 3.05) is 6.54 Å². The van der Waals surface area contributed by atoms with E-state index >= 15 is 0 Å². The van der Waals surface area contributed by atoms with Crippen LogP contribution in [0.25, 0.3) is 10.9 Å². The number of hydrogen-bond acceptors (Lipinski definition) is 1. The first kappa shape index (κ1) is 15.1. The first-order chi connectivity index (χ1) is 11.5. The first-order valence-corrected chi connectivity index (χ1v) is 7.94. The van der Waals surface area contributed by atoms with Crippen molar-refractivity contribution in [3.63, 3.8) is 0 Å². The van der Waals surface area contributed by atoms with E-state index in [0.29, 0.717) is 24.5 Å². The number of aromatic nitrogens is 1. The average Bonchev–Trinajstić information content (AvgIpc) is 2.93. The summed E-state index contributed by atoms with van der Waals surface area (Å²) < 4.78 is 26.4. The van der Waals surface area contributed by atoms with E-state index in [1.165, 1.54) is 6.07 Å². The molecule has 0 unspecified atom stereocenters. The highest BCUT2D eigenvalue weighted by atomic mass is 35.5. The van der Waals surface area contributed by atoms with E-state index < -0.39 is 11.6 Å². The van der Waals surface area contributed by atoms with Crippen LogP contribution < -0.4 is 0 Å². The highest BCUT2D eigenvalue weighted by molar-refractivity contribution is 6.31. The molecule has 0 saturated heterocycles. The number of benzene rings is 2. The van der Waals surface area contributed by atoms with Gasteiger partial charge in [-0.3, -0.25) is 4.79 Å². The van der Waals surface area contributed by atoms with E-state index in [9.17, 15) is 13.6 Å². The molecule has 1 N–H and O–H groups in total. The van der Waals surface area contributed by atoms with Gasteiger partial charge in [-0.2, -0.15) is 0 Å². The molecule has 3 aromatic rings. The molecule has 6 heteroatoms. The quantitative estimate of drug-likeness (QED) is 0.700. The summed E-state index contributed by atoms with van der Waals surface area (Å²) in [5, 5.41) is 1.67. The maximum absolute atomic E-state index is 13.4. The fourth-order valence-corrected chi connectivity index (χ4v) is 3.35. The van der Waals surface area contributed by atoms with E-state index in [1.54, 1.807) is 4.90 Å². The molecule has 1 aromatic heterocycles. The molecular formula is C18H13ClF2N2O. The molecule has 4 rings (SSSR count). The van der Waals surface area contributed by atoms with Gasteiger partial charge in [0, 0.05) is 52.3 Å². The summed E-state index contributed by atoms with van der Waals surface area (Å²) in [5.74, 6) is -2.27. The third kappa shape index (κ3) is 2.45. The van der Waals surface area contributed by atoms with Crippen LogP contribution in [-0.2, 0) is 13.0 Å². The number of fused-ring (bicyclic) bond motifs is 3. The number of amides is 1. The number of nitrogens with one attached hydrogen (secondary N) is 1. The molecule has 1 aliphatic rings. The molecule has 24 heavy (non-hydrogen) atoms. The summed E-state index contributed by atoms with van der Waals surface area (Å²) >= 11 is 6.02. The Labute approximate surface area is 141 Å². The Morgan fingerprint density at radius 3 is 2.75 bits per heavy atom. The fourth-order valence-electron chi connectivity index (χ4n) is 3.18. The molecule has 0 atom stereocenters. The molecule has 0 aliphatic carbocycles. The minimum absolute atomic E-state index is 0.153. The monoisotopic (exact) mass is 346 g/mol. The van der Waals surface area contributed by atoms with E-state index in [2.05, 4.69) is 4.98 Å². The third-order valence-electron chi connectivity index (χ3n) is 4.39. The number of hydrogen-bond donors (Lipinski definition) is 1. The standard InChI is InChI=1S/C18H13ClF2N2O/c19-11-2-3-12-13-9-23(6-5-16(13)22-17(12)8-11)18(24)10-1-4-14(20)15(21)7-10/h1-4,7-8,22H,5-6,9H2. The summed E-state index contributed by atoms with van der Waals surface area (Å²) in [7, 11) is 0. The highest BCUT2D eigenvalue weighted by Crippen LogP contribution is 2.30. The molecule has 2 heterocycles. The van der Waals surface area contributed by atoms with Gasteiger partial charge in [-0.1, -0.05) is 17.7 Å². The largest absolute Gasteiger partial charge is 0.358 e. The zero-order valence-corrected chi connectivity index (χ0v) is 13.3. The zero-order valence-electron chi connectivity index (χ0n) is 12.6. The van der Waals surface area contributed by atoms with Crippen molar-refractivity contribution in [2.24, 2.45) is 0 Å². The van der Waals surface area contributed by atoms with Gasteiger partial charge >= 0.3 is 0 Å². The van der Waals surface area contributed by atoms with Crippen molar-refractivity contribution in [2.45, 2.75) is 13.0 Å². The molecule has 122 valence electrons. The van der Waals surface area contributed by atoms with Crippen LogP contribution in [0.4, 0.5) is 8.78 Å². The van der Waals surface area contributed by atoms with Gasteiger partial charge in [-0.15, -0.1) is 0 Å². The highest BCUT2D eigenvalue weighted by Gasteiger charge is 2.25. The predicted molar refractivity (Wildman–Crippen MR) is 88.1 cm³/mol. The Morgan fingerprint density at radius 2 is 1.96 bits per heavy atom. The zero-order chi connectivity index (χ0) is 16.8. The van der Waals surface area contributed by atoms with Crippen LogP contribution in [-0.4, -0.2) is 22.3 Å². The smallest absolute Gasteiger partial charge is 0.254 e. The van der Waals surface area contributed by atoms with Gasteiger partial charge in [0.15, 0.2) is 11.6 Å². The SMILES string of the molecule is O=C(c1ccc(F)c(F)c1)N1CCc2[nH]c3cc(Cl)ccc3c2C1. The van der Waals surface area contributed by atoms with Crippen molar-refractivity contribution in [3.05, 3.63) is 69.9 Å². The number of rotatable bonds is 1. The molecule has 3 nitrogen and oxygen atoms in total. The van der Waals surface area contributed by atoms with Gasteiger partial charge in [-0.25, -0.2) is 8.78 Å². The van der Waals surface area contributed by atoms with Gasteiger partial charge in [0.05, 0.1) is 0 Å². The van der Waals surface area contributed by atoms with Gasteiger partial charge in [0.2, 0.25) is 0 Å². The van der Waals surface area contributed by atoms with E-state index in [0.717, 1.165) is 34.3 Å². The van der Waals surface area contributed by atoms with Crippen molar-refractivity contribution < 1.29 is 13.6 Å². The summed E-state index contributed by atoms with van der Waals surface area (Å²) in [4.78, 5) is 17.6. The first-order valence-electron chi connectivity index (χ1n) is 7.56. The van der Waals surface area contributed by atoms with E-state index in [-0.39, 0.29) is 11.5 Å². The topological polar surface area (TPSA) is 36.1 Å². The summed E-state index contributed by atoms with van der Waals surface area (Å²) in [6.07, 6.45) is 0.678. The van der Waals surface area contributed by atoms with Crippen LogP contribution in [0.5, 0.6) is 0 Å². The predicted octanol–water partition coefficient (Wildman–Crippen LogP) is 4.30. The minimum atomic E-state index is -1.01. The second kappa shape index (κ2) is 5.60. The van der Waals surface area contributed by atoms with Crippen LogP contribution in [0.2, 0.25) is 5.02 Å². The number of carbonyl (C=O) groups is 1. The van der Waals surface area contributed by atoms with Crippen LogP contribution in [0.3, 0.4) is 0 Å². The Kier molecular flexibility index (Phi) is 3.53. The Bertz CT molecular complexity index is 967. The molecule has 2 aromatic carbocycles. The number of carbonyl (C=O) groups excluding carboxylic acids is 1. The second-order valence-corrected chi connectivity index (χ2v) is 6.31. The van der Waals surface area contributed by atoms with Crippen molar-refractivity contribution in [1.82, 2.24) is 9.88 Å². The van der Waals surface area contributed by atoms with Crippen LogP contribution in [0, 0.1) is 11.6 Å². The molecule has 0 bridgehead atoms. The third-order valence-corrected chi connectivity index (χ3v) is 4.63. The van der Waals surface area contributed by atoms with Crippen LogP contribution in [0.1, 0.15) is 21.6 Å². The molecule has 1 amide bonds. The lowest BCUT2D eigenvalue weighted by Crippen LogP contribution is -2.35. The average molecular weight is 347 g/mol. The van der Waals surface area contributed by atoms with Gasteiger partial charge < -0.3 is 9.88 Å². The second-order valence-electron chi connectivity index (χ2n) is 5.88. The Morgan fingerprint density at radius 1 is 1.12 bits per heavy atom. The van der Waals surface area contributed by atoms with E-state index in [1.807, 2.05) is 18.2 Å². The Balaban J connectivity index is 1.67. The van der Waals surface area contributed by atoms with Gasteiger partial charge in [0.1, 0.15) is 0 Å². The van der Waals surface area contributed by atoms with E-state index in [4.69, 9.17) is 11.6 Å². The lowest BCUT2D eigenvalue weighted by Gasteiger charge is -2.27. The normalized spacial score (nSPS) is 14.0. The number of aromatic amines is 1. The molecule has 0 radical (unpaired) electrons. The fraction of sp³-hybridized carbons (Fsp3) is 0.167. The molecule has 0 spiro atoms. The van der Waals surface area contributed by atoms with Crippen LogP contribution >= 0.6 is 11.6 Å². The molecule has 1 aliphatic heterocycles. The molecular weight excluding hydrogens is 334 g/mol. The summed E-state index contributed by atoms with van der Waals surface area (Å²) in [6, 6.07) is 8.84. The summed E-state index contributed by atoms with van der Waals surface area (Å²) in [5.41, 5.74) is 3.22. The van der Waals surface area contributed by atoms with Gasteiger partial charge in [-0.05, 0) is 30.3 Å². The minimum Gasteiger partial charge on any atom is -0.358 e. The number of H-pyrrole nitrogens is 1. The van der Waals surface area contributed by atoms with Crippen LogP contribution in [0.15, 0.2) is 36.4 Å². The summed E-state index contributed by atoms with van der Waals surface area (Å²) in [6.45, 7) is 0.945. The van der Waals surface area contributed by atoms with Crippen molar-refractivity contribution in [3.8, 4) is 0 Å². The van der Waals surface area contributed by atoms with Crippen molar-refractivity contribution >= 4 is 28.4 Å². The van der Waals surface area contributed by atoms with Crippen molar-refractivity contribution in [1.29, 1.82) is 0 Å².